The Morgan fingerprint density at radius 2 is 2.12 bits per heavy atom. The maximum absolute atomic E-state index is 11.5. The molecular weight excluding hydrogens is 200 g/mol. The molecule has 1 amide bonds. The fourth-order valence-electron chi connectivity index (χ4n) is 1.69. The Morgan fingerprint density at radius 3 is 2.81 bits per heavy atom. The van der Waals surface area contributed by atoms with E-state index in [1.54, 1.807) is 0 Å². The van der Waals surface area contributed by atoms with Crippen molar-refractivity contribution >= 4 is 11.6 Å². The van der Waals surface area contributed by atoms with Crippen LogP contribution in [0.3, 0.4) is 0 Å². The lowest BCUT2D eigenvalue weighted by molar-refractivity contribution is 0.0966. The number of rotatable bonds is 2. The summed E-state index contributed by atoms with van der Waals surface area (Å²) in [6.07, 6.45) is 0. The summed E-state index contributed by atoms with van der Waals surface area (Å²) < 4.78 is 0. The molecule has 0 fully saturated rings. The predicted octanol–water partition coefficient (Wildman–Crippen LogP) is 2.39. The molecule has 0 saturated heterocycles. The molecule has 16 heavy (non-hydrogen) atoms. The number of hydrogen-bond donors (Lipinski definition) is 2. The van der Waals surface area contributed by atoms with Crippen LogP contribution in [0.5, 0.6) is 0 Å². The SMILES string of the molecule is CC(C)(C)CNc1ccc2c(c1)C(=O)NC2. The van der Waals surface area contributed by atoms with Crippen LogP contribution in [0.25, 0.3) is 0 Å². The normalized spacial score (nSPS) is 14.6. The highest BCUT2D eigenvalue weighted by Gasteiger charge is 2.19. The number of benzene rings is 1. The Labute approximate surface area is 96.2 Å². The molecule has 0 radical (unpaired) electrons. The van der Waals surface area contributed by atoms with Gasteiger partial charge in [0.2, 0.25) is 0 Å². The molecule has 1 aliphatic rings. The van der Waals surface area contributed by atoms with E-state index in [-0.39, 0.29) is 11.3 Å². The van der Waals surface area contributed by atoms with Gasteiger partial charge < -0.3 is 10.6 Å². The second-order valence-electron chi connectivity index (χ2n) is 5.47. The van der Waals surface area contributed by atoms with Gasteiger partial charge in [-0.3, -0.25) is 4.79 Å². The Balaban J connectivity index is 2.13. The molecule has 0 aliphatic carbocycles. The molecule has 1 aromatic rings. The van der Waals surface area contributed by atoms with Crippen molar-refractivity contribution in [2.75, 3.05) is 11.9 Å². The molecule has 1 aromatic carbocycles. The lowest BCUT2D eigenvalue weighted by atomic mass is 9.97. The third-order valence-corrected chi connectivity index (χ3v) is 2.62. The number of nitrogens with one attached hydrogen (secondary N) is 2. The van der Waals surface area contributed by atoms with Gasteiger partial charge in [0, 0.05) is 24.3 Å². The zero-order valence-corrected chi connectivity index (χ0v) is 10.1. The smallest absolute Gasteiger partial charge is 0.251 e. The van der Waals surface area contributed by atoms with E-state index in [9.17, 15) is 4.79 Å². The van der Waals surface area contributed by atoms with Crippen molar-refractivity contribution in [2.24, 2.45) is 5.41 Å². The molecule has 3 nitrogen and oxygen atoms in total. The van der Waals surface area contributed by atoms with Gasteiger partial charge in [0.25, 0.3) is 5.91 Å². The monoisotopic (exact) mass is 218 g/mol. The lowest BCUT2D eigenvalue weighted by Gasteiger charge is -2.19. The van der Waals surface area contributed by atoms with Gasteiger partial charge in [-0.05, 0) is 23.1 Å². The Bertz CT molecular complexity index is 418. The van der Waals surface area contributed by atoms with E-state index < -0.39 is 0 Å². The molecule has 0 spiro atoms. The molecule has 0 unspecified atom stereocenters. The third-order valence-electron chi connectivity index (χ3n) is 2.62. The second-order valence-corrected chi connectivity index (χ2v) is 5.47. The first-order valence-electron chi connectivity index (χ1n) is 5.61. The summed E-state index contributed by atoms with van der Waals surface area (Å²) >= 11 is 0. The van der Waals surface area contributed by atoms with Crippen LogP contribution < -0.4 is 10.6 Å². The molecule has 3 heteroatoms. The highest BCUT2D eigenvalue weighted by atomic mass is 16.1. The number of hydrogen-bond acceptors (Lipinski definition) is 2. The quantitative estimate of drug-likeness (QED) is 0.800. The fourth-order valence-corrected chi connectivity index (χ4v) is 1.69. The van der Waals surface area contributed by atoms with E-state index in [0.29, 0.717) is 6.54 Å². The molecule has 1 heterocycles. The zero-order valence-electron chi connectivity index (χ0n) is 10.1. The van der Waals surface area contributed by atoms with Gasteiger partial charge in [-0.15, -0.1) is 0 Å². The Hall–Kier alpha value is -1.51. The van der Waals surface area contributed by atoms with Gasteiger partial charge in [0.15, 0.2) is 0 Å². The van der Waals surface area contributed by atoms with Gasteiger partial charge in [-0.2, -0.15) is 0 Å². The summed E-state index contributed by atoms with van der Waals surface area (Å²) in [5, 5.41) is 6.17. The van der Waals surface area contributed by atoms with Crippen molar-refractivity contribution in [1.82, 2.24) is 5.32 Å². The van der Waals surface area contributed by atoms with E-state index >= 15 is 0 Å². The topological polar surface area (TPSA) is 41.1 Å². The predicted molar refractivity (Wildman–Crippen MR) is 65.6 cm³/mol. The molecule has 1 aliphatic heterocycles. The molecule has 0 aromatic heterocycles. The van der Waals surface area contributed by atoms with Crippen LogP contribution in [0.15, 0.2) is 18.2 Å². The Morgan fingerprint density at radius 1 is 1.38 bits per heavy atom. The minimum absolute atomic E-state index is 0.0365. The third kappa shape index (κ3) is 2.35. The number of carbonyl (C=O) groups is 1. The summed E-state index contributed by atoms with van der Waals surface area (Å²) in [7, 11) is 0. The van der Waals surface area contributed by atoms with Crippen LogP contribution in [0, 0.1) is 5.41 Å². The molecule has 0 saturated carbocycles. The summed E-state index contributed by atoms with van der Waals surface area (Å²) in [6.45, 7) is 8.10. The van der Waals surface area contributed by atoms with Crippen molar-refractivity contribution in [2.45, 2.75) is 27.3 Å². The highest BCUT2D eigenvalue weighted by molar-refractivity contribution is 5.99. The molecular formula is C13H18N2O. The van der Waals surface area contributed by atoms with Crippen molar-refractivity contribution in [3.05, 3.63) is 29.3 Å². The first kappa shape index (κ1) is 11.0. The number of amides is 1. The first-order chi connectivity index (χ1) is 7.46. The largest absolute Gasteiger partial charge is 0.385 e. The van der Waals surface area contributed by atoms with Crippen molar-refractivity contribution in [3.8, 4) is 0 Å². The number of carbonyl (C=O) groups excluding carboxylic acids is 1. The number of fused-ring (bicyclic) bond motifs is 1. The average molecular weight is 218 g/mol. The highest BCUT2D eigenvalue weighted by Crippen LogP contribution is 2.21. The van der Waals surface area contributed by atoms with E-state index in [4.69, 9.17) is 0 Å². The van der Waals surface area contributed by atoms with Crippen molar-refractivity contribution < 1.29 is 4.79 Å². The van der Waals surface area contributed by atoms with Crippen LogP contribution in [0.2, 0.25) is 0 Å². The van der Waals surface area contributed by atoms with Crippen LogP contribution in [0.1, 0.15) is 36.7 Å². The molecule has 0 bridgehead atoms. The summed E-state index contributed by atoms with van der Waals surface area (Å²) in [4.78, 5) is 11.5. The molecule has 2 N–H and O–H groups in total. The molecule has 0 atom stereocenters. The van der Waals surface area contributed by atoms with Crippen molar-refractivity contribution in [1.29, 1.82) is 0 Å². The zero-order chi connectivity index (χ0) is 11.8. The van der Waals surface area contributed by atoms with Crippen LogP contribution in [0.4, 0.5) is 5.69 Å². The van der Waals surface area contributed by atoms with Gasteiger partial charge >= 0.3 is 0 Å². The fraction of sp³-hybridized carbons (Fsp3) is 0.462. The minimum Gasteiger partial charge on any atom is -0.385 e. The van der Waals surface area contributed by atoms with Gasteiger partial charge in [0.1, 0.15) is 0 Å². The van der Waals surface area contributed by atoms with E-state index in [2.05, 4.69) is 31.4 Å². The summed E-state index contributed by atoms with van der Waals surface area (Å²) in [5.74, 6) is 0.0365. The van der Waals surface area contributed by atoms with Crippen LogP contribution in [-0.2, 0) is 6.54 Å². The molecule has 86 valence electrons. The van der Waals surface area contributed by atoms with E-state index in [1.165, 1.54) is 0 Å². The summed E-state index contributed by atoms with van der Waals surface area (Å²) in [6, 6.07) is 5.98. The van der Waals surface area contributed by atoms with E-state index in [0.717, 1.165) is 23.4 Å². The second kappa shape index (κ2) is 3.81. The van der Waals surface area contributed by atoms with Crippen LogP contribution in [-0.4, -0.2) is 12.5 Å². The number of anilines is 1. The maximum Gasteiger partial charge on any atom is 0.251 e. The van der Waals surface area contributed by atoms with Gasteiger partial charge in [0.05, 0.1) is 0 Å². The van der Waals surface area contributed by atoms with Crippen molar-refractivity contribution in [3.63, 3.8) is 0 Å². The standard InChI is InChI=1S/C13H18N2O/c1-13(2,3)8-15-10-5-4-9-7-14-12(16)11(9)6-10/h4-6,15H,7-8H2,1-3H3,(H,14,16). The molecule has 2 rings (SSSR count). The lowest BCUT2D eigenvalue weighted by Crippen LogP contribution is -2.19. The average Bonchev–Trinajstić information content (AvgIpc) is 2.56. The van der Waals surface area contributed by atoms with E-state index in [1.807, 2.05) is 18.2 Å². The Kier molecular flexibility index (Phi) is 2.62. The van der Waals surface area contributed by atoms with Gasteiger partial charge in [-0.25, -0.2) is 0 Å². The maximum atomic E-state index is 11.5. The summed E-state index contributed by atoms with van der Waals surface area (Å²) in [5.41, 5.74) is 3.15. The first-order valence-corrected chi connectivity index (χ1v) is 5.61. The minimum atomic E-state index is 0.0365. The van der Waals surface area contributed by atoms with Gasteiger partial charge in [-0.1, -0.05) is 26.8 Å². The van der Waals surface area contributed by atoms with Crippen LogP contribution >= 0.6 is 0 Å².